The molecule has 2 rings (SSSR count). The third-order valence-corrected chi connectivity index (χ3v) is 2.61. The molecule has 0 bridgehead atoms. The van der Waals surface area contributed by atoms with Crippen LogP contribution in [0, 0.1) is 0 Å². The van der Waals surface area contributed by atoms with E-state index in [2.05, 4.69) is 20.7 Å². The minimum atomic E-state index is 0.571. The third kappa shape index (κ3) is 3.11. The summed E-state index contributed by atoms with van der Waals surface area (Å²) < 4.78 is 5.22. The summed E-state index contributed by atoms with van der Waals surface area (Å²) in [6, 6.07) is 5.48. The van der Waals surface area contributed by atoms with Crippen molar-refractivity contribution in [2.45, 2.75) is 11.7 Å². The molecule has 4 N–H and O–H groups in total. The van der Waals surface area contributed by atoms with Gasteiger partial charge in [0.25, 0.3) is 0 Å². The fourth-order valence-corrected chi connectivity index (χ4v) is 1.65. The lowest BCUT2D eigenvalue weighted by Gasteiger charge is -2.07. The molecule has 2 aromatic heterocycles. The van der Waals surface area contributed by atoms with Gasteiger partial charge in [-0.2, -0.15) is 0 Å². The van der Waals surface area contributed by atoms with E-state index in [1.807, 2.05) is 18.4 Å². The number of rotatable bonds is 5. The van der Waals surface area contributed by atoms with E-state index in [0.717, 1.165) is 5.76 Å². The molecule has 90 valence electrons. The number of nitrogens with zero attached hydrogens (tertiary/aromatic N) is 2. The number of nitrogens with two attached hydrogens (primary N) is 1. The monoisotopic (exact) mass is 251 g/mol. The molecule has 6 nitrogen and oxygen atoms in total. The summed E-state index contributed by atoms with van der Waals surface area (Å²) in [5.41, 5.74) is 2.51. The van der Waals surface area contributed by atoms with Crippen LogP contribution in [0.4, 0.5) is 11.6 Å². The minimum absolute atomic E-state index is 0.571. The number of aromatic nitrogens is 2. The Labute approximate surface area is 103 Å². The van der Waals surface area contributed by atoms with Gasteiger partial charge in [0, 0.05) is 6.07 Å². The van der Waals surface area contributed by atoms with Crippen LogP contribution in [-0.4, -0.2) is 16.2 Å². The first-order valence-electron chi connectivity index (χ1n) is 4.98. The first kappa shape index (κ1) is 11.7. The Morgan fingerprint density at radius 1 is 1.41 bits per heavy atom. The zero-order chi connectivity index (χ0) is 12.1. The van der Waals surface area contributed by atoms with Gasteiger partial charge in [0.15, 0.2) is 5.16 Å². The van der Waals surface area contributed by atoms with Crippen LogP contribution >= 0.6 is 11.8 Å². The molecule has 0 amide bonds. The maximum absolute atomic E-state index is 5.34. The lowest BCUT2D eigenvalue weighted by atomic mass is 10.4. The Balaban J connectivity index is 2.09. The molecule has 0 aliphatic rings. The van der Waals surface area contributed by atoms with Gasteiger partial charge in [0.1, 0.15) is 17.4 Å². The normalized spacial score (nSPS) is 10.2. The molecule has 0 fully saturated rings. The Morgan fingerprint density at radius 3 is 2.88 bits per heavy atom. The second-order valence-corrected chi connectivity index (χ2v) is 3.98. The van der Waals surface area contributed by atoms with Gasteiger partial charge in [-0.1, -0.05) is 11.8 Å². The number of thioether (sulfide) groups is 1. The number of hydrazine groups is 1. The SMILES string of the molecule is CSc1nc(NN)cc(NCc2ccco2)n1. The Morgan fingerprint density at radius 2 is 2.24 bits per heavy atom. The Bertz CT molecular complexity index is 451. The van der Waals surface area contributed by atoms with Crippen LogP contribution < -0.4 is 16.6 Å². The van der Waals surface area contributed by atoms with Crippen molar-refractivity contribution in [3.05, 3.63) is 30.2 Å². The van der Waals surface area contributed by atoms with Crippen molar-refractivity contribution in [2.75, 3.05) is 17.0 Å². The molecule has 0 saturated heterocycles. The lowest BCUT2D eigenvalue weighted by molar-refractivity contribution is 0.517. The molecule has 17 heavy (non-hydrogen) atoms. The van der Waals surface area contributed by atoms with Crippen molar-refractivity contribution in [3.8, 4) is 0 Å². The largest absolute Gasteiger partial charge is 0.467 e. The van der Waals surface area contributed by atoms with E-state index in [4.69, 9.17) is 10.3 Å². The molecule has 0 unspecified atom stereocenters. The van der Waals surface area contributed by atoms with Crippen molar-refractivity contribution < 1.29 is 4.42 Å². The van der Waals surface area contributed by atoms with Crippen LogP contribution in [0.1, 0.15) is 5.76 Å². The van der Waals surface area contributed by atoms with Crippen molar-refractivity contribution in [1.29, 1.82) is 0 Å². The van der Waals surface area contributed by atoms with E-state index in [9.17, 15) is 0 Å². The maximum Gasteiger partial charge on any atom is 0.191 e. The predicted octanol–water partition coefficient (Wildman–Crippen LogP) is 1.69. The number of anilines is 2. The molecule has 2 heterocycles. The highest BCUT2D eigenvalue weighted by Crippen LogP contribution is 2.17. The summed E-state index contributed by atoms with van der Waals surface area (Å²) in [4.78, 5) is 8.47. The van der Waals surface area contributed by atoms with Gasteiger partial charge in [-0.05, 0) is 18.4 Å². The molecule has 0 aromatic carbocycles. The average Bonchev–Trinajstić information content (AvgIpc) is 2.89. The zero-order valence-corrected chi connectivity index (χ0v) is 10.1. The molecule has 0 saturated carbocycles. The molecule has 7 heteroatoms. The van der Waals surface area contributed by atoms with Crippen molar-refractivity contribution >= 4 is 23.4 Å². The highest BCUT2D eigenvalue weighted by Gasteiger charge is 2.03. The minimum Gasteiger partial charge on any atom is -0.467 e. The maximum atomic E-state index is 5.34. The summed E-state index contributed by atoms with van der Waals surface area (Å²) >= 11 is 1.45. The van der Waals surface area contributed by atoms with E-state index >= 15 is 0 Å². The second kappa shape index (κ2) is 5.55. The molecular weight excluding hydrogens is 238 g/mol. The lowest BCUT2D eigenvalue weighted by Crippen LogP contribution is -2.11. The highest BCUT2D eigenvalue weighted by atomic mass is 32.2. The number of furan rings is 1. The Hall–Kier alpha value is -1.73. The van der Waals surface area contributed by atoms with Gasteiger partial charge in [-0.25, -0.2) is 15.8 Å². The molecule has 0 aliphatic heterocycles. The van der Waals surface area contributed by atoms with Crippen LogP contribution in [0.2, 0.25) is 0 Å². The van der Waals surface area contributed by atoms with Crippen molar-refractivity contribution in [1.82, 2.24) is 9.97 Å². The molecule has 2 aromatic rings. The molecule has 0 aliphatic carbocycles. The number of hydrogen-bond donors (Lipinski definition) is 3. The Kier molecular flexibility index (Phi) is 3.84. The van der Waals surface area contributed by atoms with Gasteiger partial charge in [0.2, 0.25) is 0 Å². The molecule has 0 atom stereocenters. The first-order valence-corrected chi connectivity index (χ1v) is 6.20. The van der Waals surface area contributed by atoms with Gasteiger partial charge in [-0.15, -0.1) is 0 Å². The standard InChI is InChI=1S/C10H13N5OS/c1-17-10-13-8(5-9(14-10)15-11)12-6-7-3-2-4-16-7/h2-5H,6,11H2,1H3,(H2,12,13,14,15). The topological polar surface area (TPSA) is 89.0 Å². The van der Waals surface area contributed by atoms with E-state index in [0.29, 0.717) is 23.3 Å². The van der Waals surface area contributed by atoms with Crippen LogP contribution in [0.15, 0.2) is 34.0 Å². The summed E-state index contributed by atoms with van der Waals surface area (Å²) in [5, 5.41) is 3.80. The molecule has 0 radical (unpaired) electrons. The van der Waals surface area contributed by atoms with E-state index in [-0.39, 0.29) is 0 Å². The fraction of sp³-hybridized carbons (Fsp3) is 0.200. The van der Waals surface area contributed by atoms with Gasteiger partial charge >= 0.3 is 0 Å². The van der Waals surface area contributed by atoms with Crippen LogP contribution in [0.3, 0.4) is 0 Å². The van der Waals surface area contributed by atoms with Gasteiger partial charge in [-0.3, -0.25) is 0 Å². The molecule has 0 spiro atoms. The van der Waals surface area contributed by atoms with E-state index in [1.165, 1.54) is 11.8 Å². The van der Waals surface area contributed by atoms with E-state index < -0.39 is 0 Å². The third-order valence-electron chi connectivity index (χ3n) is 2.06. The van der Waals surface area contributed by atoms with Gasteiger partial charge in [0.05, 0.1) is 12.8 Å². The van der Waals surface area contributed by atoms with Crippen molar-refractivity contribution in [2.24, 2.45) is 5.84 Å². The van der Waals surface area contributed by atoms with Crippen LogP contribution in [0.5, 0.6) is 0 Å². The van der Waals surface area contributed by atoms with Crippen LogP contribution in [-0.2, 0) is 6.54 Å². The number of hydrogen-bond acceptors (Lipinski definition) is 7. The quantitative estimate of drug-likeness (QED) is 0.322. The van der Waals surface area contributed by atoms with E-state index in [1.54, 1.807) is 12.3 Å². The number of nitrogens with one attached hydrogen (secondary N) is 2. The molecular formula is C10H13N5OS. The summed E-state index contributed by atoms with van der Waals surface area (Å²) in [7, 11) is 0. The summed E-state index contributed by atoms with van der Waals surface area (Å²) in [6.45, 7) is 0.571. The number of nitrogen functional groups attached to an aromatic ring is 1. The smallest absolute Gasteiger partial charge is 0.191 e. The van der Waals surface area contributed by atoms with Crippen LogP contribution in [0.25, 0.3) is 0 Å². The summed E-state index contributed by atoms with van der Waals surface area (Å²) in [5.74, 6) is 7.46. The predicted molar refractivity (Wildman–Crippen MR) is 67.7 cm³/mol. The fourth-order valence-electron chi connectivity index (χ4n) is 1.27. The average molecular weight is 251 g/mol. The second-order valence-electron chi connectivity index (χ2n) is 3.20. The van der Waals surface area contributed by atoms with Gasteiger partial charge < -0.3 is 15.2 Å². The zero-order valence-electron chi connectivity index (χ0n) is 9.30. The first-order chi connectivity index (χ1) is 8.31. The van der Waals surface area contributed by atoms with Crippen molar-refractivity contribution in [3.63, 3.8) is 0 Å². The summed E-state index contributed by atoms with van der Waals surface area (Å²) in [6.07, 6.45) is 3.54. The highest BCUT2D eigenvalue weighted by molar-refractivity contribution is 7.98.